The van der Waals surface area contributed by atoms with E-state index in [2.05, 4.69) is 17.6 Å². The molecule has 0 unspecified atom stereocenters. The van der Waals surface area contributed by atoms with E-state index in [1.165, 1.54) is 33.2 Å². The molecule has 0 aromatic heterocycles. The number of unbranched alkanes of at least 4 members (excludes halogenated alkanes) is 1. The van der Waals surface area contributed by atoms with Crippen molar-refractivity contribution in [1.29, 1.82) is 0 Å². The maximum atomic E-state index is 12.1. The molecular formula is C16H28N2O4. The van der Waals surface area contributed by atoms with Crippen molar-refractivity contribution in [3.63, 3.8) is 0 Å². The van der Waals surface area contributed by atoms with Crippen molar-refractivity contribution in [2.45, 2.75) is 64.9 Å². The Morgan fingerprint density at radius 3 is 2.36 bits per heavy atom. The lowest BCUT2D eigenvalue weighted by molar-refractivity contribution is -0.159. The largest absolute Gasteiger partial charge is 0.452 e. The van der Waals surface area contributed by atoms with Gasteiger partial charge in [-0.05, 0) is 38.5 Å². The molecule has 0 spiro atoms. The number of esters is 1. The molecule has 126 valence electrons. The Bertz CT molecular complexity index is 390. The highest BCUT2D eigenvalue weighted by atomic mass is 16.5. The predicted octanol–water partition coefficient (Wildman–Crippen LogP) is 2.37. The maximum absolute atomic E-state index is 12.1. The van der Waals surface area contributed by atoms with E-state index in [4.69, 9.17) is 4.74 Å². The van der Waals surface area contributed by atoms with Gasteiger partial charge in [-0.25, -0.2) is 4.79 Å². The third kappa shape index (κ3) is 6.03. The van der Waals surface area contributed by atoms with Gasteiger partial charge in [-0.3, -0.25) is 14.9 Å². The van der Waals surface area contributed by atoms with Crippen LogP contribution in [0.3, 0.4) is 0 Å². The monoisotopic (exact) mass is 312 g/mol. The minimum absolute atomic E-state index is 0.117. The summed E-state index contributed by atoms with van der Waals surface area (Å²) in [6.45, 7) is 3.66. The lowest BCUT2D eigenvalue weighted by atomic mass is 9.80. The molecule has 22 heavy (non-hydrogen) atoms. The Morgan fingerprint density at radius 1 is 1.18 bits per heavy atom. The average Bonchev–Trinajstić information content (AvgIpc) is 2.52. The zero-order chi connectivity index (χ0) is 16.5. The quantitative estimate of drug-likeness (QED) is 0.737. The molecule has 0 aromatic carbocycles. The Morgan fingerprint density at radius 2 is 1.82 bits per heavy atom. The molecule has 0 aliphatic heterocycles. The topological polar surface area (TPSA) is 84.5 Å². The van der Waals surface area contributed by atoms with E-state index in [9.17, 15) is 14.4 Å². The Balaban J connectivity index is 2.33. The molecule has 0 radical (unpaired) electrons. The van der Waals surface area contributed by atoms with Gasteiger partial charge in [0.05, 0.1) is 5.92 Å². The van der Waals surface area contributed by atoms with Crippen molar-refractivity contribution < 1.29 is 19.1 Å². The number of urea groups is 1. The van der Waals surface area contributed by atoms with Crippen LogP contribution in [-0.2, 0) is 14.3 Å². The second-order valence-electron chi connectivity index (χ2n) is 6.01. The summed E-state index contributed by atoms with van der Waals surface area (Å²) >= 11 is 0. The highest BCUT2D eigenvalue weighted by Crippen LogP contribution is 2.32. The number of amides is 3. The van der Waals surface area contributed by atoms with Crippen molar-refractivity contribution in [3.05, 3.63) is 0 Å². The lowest BCUT2D eigenvalue weighted by Gasteiger charge is -2.27. The smallest absolute Gasteiger partial charge is 0.321 e. The molecule has 0 bridgehead atoms. The fourth-order valence-electron chi connectivity index (χ4n) is 2.78. The van der Waals surface area contributed by atoms with Gasteiger partial charge in [0, 0.05) is 7.05 Å². The van der Waals surface area contributed by atoms with Gasteiger partial charge in [0.15, 0.2) is 6.10 Å². The summed E-state index contributed by atoms with van der Waals surface area (Å²) in [6.07, 6.45) is 6.51. The first-order valence-corrected chi connectivity index (χ1v) is 8.21. The predicted molar refractivity (Wildman–Crippen MR) is 83.1 cm³/mol. The van der Waals surface area contributed by atoms with Crippen LogP contribution in [0.1, 0.15) is 58.8 Å². The molecule has 3 amide bonds. The number of ether oxygens (including phenoxy) is 1. The molecule has 1 fully saturated rings. The summed E-state index contributed by atoms with van der Waals surface area (Å²) < 4.78 is 5.18. The maximum Gasteiger partial charge on any atom is 0.321 e. The van der Waals surface area contributed by atoms with Crippen LogP contribution < -0.4 is 10.6 Å². The highest BCUT2D eigenvalue weighted by molar-refractivity contribution is 5.97. The van der Waals surface area contributed by atoms with E-state index in [1.54, 1.807) is 0 Å². The van der Waals surface area contributed by atoms with E-state index < -0.39 is 18.0 Å². The van der Waals surface area contributed by atoms with Crippen LogP contribution in [0, 0.1) is 11.8 Å². The fourth-order valence-corrected chi connectivity index (χ4v) is 2.78. The number of carbonyl (C=O) groups excluding carboxylic acids is 3. The summed E-state index contributed by atoms with van der Waals surface area (Å²) in [6, 6.07) is -0.607. The summed E-state index contributed by atoms with van der Waals surface area (Å²) in [5.41, 5.74) is 0. The van der Waals surface area contributed by atoms with Crippen molar-refractivity contribution >= 4 is 17.9 Å². The number of hydrogen-bond acceptors (Lipinski definition) is 4. The highest BCUT2D eigenvalue weighted by Gasteiger charge is 2.29. The van der Waals surface area contributed by atoms with Crippen LogP contribution in [0.5, 0.6) is 0 Å². The van der Waals surface area contributed by atoms with Crippen molar-refractivity contribution in [2.24, 2.45) is 11.8 Å². The third-order valence-electron chi connectivity index (χ3n) is 4.27. The van der Waals surface area contributed by atoms with Crippen LogP contribution >= 0.6 is 0 Å². The van der Waals surface area contributed by atoms with Gasteiger partial charge < -0.3 is 10.1 Å². The average molecular weight is 312 g/mol. The molecule has 6 heteroatoms. The van der Waals surface area contributed by atoms with Gasteiger partial charge in [0.2, 0.25) is 0 Å². The molecule has 6 nitrogen and oxygen atoms in total. The number of hydrogen-bond donors (Lipinski definition) is 2. The van der Waals surface area contributed by atoms with Crippen molar-refractivity contribution in [2.75, 3.05) is 7.05 Å². The molecule has 0 aromatic rings. The fraction of sp³-hybridized carbons (Fsp3) is 0.812. The van der Waals surface area contributed by atoms with Crippen LogP contribution in [0.15, 0.2) is 0 Å². The standard InChI is InChI=1S/C16H28N2O4/c1-4-5-6-12-7-9-13(10-8-12)15(20)22-11(2)14(19)18-16(21)17-3/h11-13H,4-10H2,1-3H3,(H2,17,18,19,21)/t11-,12?,13?/m0/s1. The number of imide groups is 1. The van der Waals surface area contributed by atoms with E-state index in [0.717, 1.165) is 31.6 Å². The molecular weight excluding hydrogens is 284 g/mol. The molecule has 0 saturated heterocycles. The second-order valence-corrected chi connectivity index (χ2v) is 6.01. The third-order valence-corrected chi connectivity index (χ3v) is 4.27. The Labute approximate surface area is 132 Å². The van der Waals surface area contributed by atoms with E-state index in [-0.39, 0.29) is 11.9 Å². The molecule has 1 aliphatic carbocycles. The first-order chi connectivity index (χ1) is 10.5. The van der Waals surface area contributed by atoms with Crippen molar-refractivity contribution in [1.82, 2.24) is 10.6 Å². The van der Waals surface area contributed by atoms with Gasteiger partial charge >= 0.3 is 12.0 Å². The van der Waals surface area contributed by atoms with Gasteiger partial charge in [0.1, 0.15) is 0 Å². The number of nitrogens with one attached hydrogen (secondary N) is 2. The minimum atomic E-state index is -0.956. The molecule has 1 saturated carbocycles. The van der Waals surface area contributed by atoms with Crippen LogP contribution in [0.4, 0.5) is 4.79 Å². The summed E-state index contributed by atoms with van der Waals surface area (Å²) in [5.74, 6) is -0.330. The second kappa shape index (κ2) is 9.43. The van der Waals surface area contributed by atoms with Gasteiger partial charge in [-0.2, -0.15) is 0 Å². The molecule has 2 N–H and O–H groups in total. The van der Waals surface area contributed by atoms with Gasteiger partial charge in [-0.1, -0.05) is 26.2 Å². The van der Waals surface area contributed by atoms with E-state index in [0.29, 0.717) is 0 Å². The number of rotatable bonds is 6. The Kier molecular flexibility index (Phi) is 7.91. The first kappa shape index (κ1) is 18.5. The zero-order valence-corrected chi connectivity index (χ0v) is 13.8. The zero-order valence-electron chi connectivity index (χ0n) is 13.8. The van der Waals surface area contributed by atoms with Crippen LogP contribution in [0.2, 0.25) is 0 Å². The minimum Gasteiger partial charge on any atom is -0.452 e. The lowest BCUT2D eigenvalue weighted by Crippen LogP contribution is -2.44. The summed E-state index contributed by atoms with van der Waals surface area (Å²) in [4.78, 5) is 34.8. The van der Waals surface area contributed by atoms with E-state index in [1.807, 2.05) is 0 Å². The van der Waals surface area contributed by atoms with Crippen LogP contribution in [0.25, 0.3) is 0 Å². The normalized spacial score (nSPS) is 22.5. The van der Waals surface area contributed by atoms with Crippen molar-refractivity contribution in [3.8, 4) is 0 Å². The summed E-state index contributed by atoms with van der Waals surface area (Å²) in [7, 11) is 1.41. The van der Waals surface area contributed by atoms with Gasteiger partial charge in [-0.15, -0.1) is 0 Å². The van der Waals surface area contributed by atoms with Crippen LogP contribution in [-0.4, -0.2) is 31.1 Å². The first-order valence-electron chi connectivity index (χ1n) is 8.21. The Hall–Kier alpha value is -1.59. The molecule has 1 atom stereocenters. The molecule has 1 rings (SSSR count). The SMILES string of the molecule is CCCCC1CCC(C(=O)O[C@@H](C)C(=O)NC(=O)NC)CC1. The summed E-state index contributed by atoms with van der Waals surface area (Å²) in [5, 5.41) is 4.38. The molecule has 1 aliphatic rings. The number of carbonyl (C=O) groups is 3. The van der Waals surface area contributed by atoms with Gasteiger partial charge in [0.25, 0.3) is 5.91 Å². The van der Waals surface area contributed by atoms with E-state index >= 15 is 0 Å². The molecule has 0 heterocycles.